The summed E-state index contributed by atoms with van der Waals surface area (Å²) >= 11 is 0. The highest BCUT2D eigenvalue weighted by Gasteiger charge is 2.08. The van der Waals surface area contributed by atoms with Crippen molar-refractivity contribution < 1.29 is 13.6 Å². The molecule has 0 spiro atoms. The molecule has 0 unspecified atom stereocenters. The Hall–Kier alpha value is -2.43. The number of nitrogens with two attached hydrogens (primary N) is 1. The Kier molecular flexibility index (Phi) is 3.98. The highest BCUT2D eigenvalue weighted by molar-refractivity contribution is 5.94. The molecule has 0 aromatic heterocycles. The number of amides is 1. The standard InChI is InChI=1S/C15H14F2N2O/c1-9-7-11(5-6-12(9)15(18)20)19-8-10-3-2-4-13(16)14(10)17/h2-7,19H,8H2,1H3,(H2,18,20). The Labute approximate surface area is 115 Å². The Morgan fingerprint density at radius 1 is 1.25 bits per heavy atom. The van der Waals surface area contributed by atoms with Crippen molar-refractivity contribution in [2.45, 2.75) is 13.5 Å². The van der Waals surface area contributed by atoms with Gasteiger partial charge in [0.1, 0.15) is 0 Å². The number of anilines is 1. The van der Waals surface area contributed by atoms with Crippen LogP contribution in [0.2, 0.25) is 0 Å². The normalized spacial score (nSPS) is 10.3. The number of aryl methyl sites for hydroxylation is 1. The fourth-order valence-corrected chi connectivity index (χ4v) is 1.93. The minimum atomic E-state index is -0.871. The zero-order valence-corrected chi connectivity index (χ0v) is 10.9. The largest absolute Gasteiger partial charge is 0.381 e. The summed E-state index contributed by atoms with van der Waals surface area (Å²) in [4.78, 5) is 11.1. The summed E-state index contributed by atoms with van der Waals surface area (Å²) in [6, 6.07) is 9.04. The van der Waals surface area contributed by atoms with Gasteiger partial charge in [-0.15, -0.1) is 0 Å². The van der Waals surface area contributed by atoms with Crippen LogP contribution in [-0.4, -0.2) is 5.91 Å². The Morgan fingerprint density at radius 2 is 2.00 bits per heavy atom. The summed E-state index contributed by atoms with van der Waals surface area (Å²) in [5, 5.41) is 2.98. The van der Waals surface area contributed by atoms with Crippen LogP contribution in [0.15, 0.2) is 36.4 Å². The van der Waals surface area contributed by atoms with Crippen molar-refractivity contribution in [1.82, 2.24) is 0 Å². The first kappa shape index (κ1) is 14.0. The van der Waals surface area contributed by atoms with E-state index in [9.17, 15) is 13.6 Å². The molecule has 0 heterocycles. The van der Waals surface area contributed by atoms with E-state index in [1.165, 1.54) is 12.1 Å². The maximum absolute atomic E-state index is 13.5. The van der Waals surface area contributed by atoms with E-state index in [4.69, 9.17) is 5.73 Å². The van der Waals surface area contributed by atoms with E-state index in [0.717, 1.165) is 11.6 Å². The SMILES string of the molecule is Cc1cc(NCc2cccc(F)c2F)ccc1C(N)=O. The van der Waals surface area contributed by atoms with Crippen LogP contribution in [0.25, 0.3) is 0 Å². The second kappa shape index (κ2) is 5.69. The summed E-state index contributed by atoms with van der Waals surface area (Å²) in [6.07, 6.45) is 0. The van der Waals surface area contributed by atoms with E-state index in [0.29, 0.717) is 11.3 Å². The first-order chi connectivity index (χ1) is 9.49. The minimum absolute atomic E-state index is 0.152. The van der Waals surface area contributed by atoms with Gasteiger partial charge in [0.2, 0.25) is 5.91 Å². The summed E-state index contributed by atoms with van der Waals surface area (Å²) in [5.74, 6) is -2.22. The van der Waals surface area contributed by atoms with E-state index < -0.39 is 17.5 Å². The lowest BCUT2D eigenvalue weighted by Crippen LogP contribution is -2.13. The van der Waals surface area contributed by atoms with Gasteiger partial charge in [0.15, 0.2) is 11.6 Å². The van der Waals surface area contributed by atoms with Crippen LogP contribution >= 0.6 is 0 Å². The lowest BCUT2D eigenvalue weighted by molar-refractivity contribution is 0.1000. The van der Waals surface area contributed by atoms with Crippen molar-refractivity contribution in [2.24, 2.45) is 5.73 Å². The molecule has 2 aromatic carbocycles. The average molecular weight is 276 g/mol. The van der Waals surface area contributed by atoms with Gasteiger partial charge in [-0.1, -0.05) is 12.1 Å². The first-order valence-corrected chi connectivity index (χ1v) is 6.06. The van der Waals surface area contributed by atoms with E-state index in [-0.39, 0.29) is 12.1 Å². The molecule has 0 aliphatic heterocycles. The molecule has 3 nitrogen and oxygen atoms in total. The lowest BCUT2D eigenvalue weighted by Gasteiger charge is -2.10. The maximum Gasteiger partial charge on any atom is 0.248 e. The second-order valence-electron chi connectivity index (χ2n) is 4.46. The molecule has 1 amide bonds. The number of carbonyl (C=O) groups excluding carboxylic acids is 1. The molecule has 2 aromatic rings. The van der Waals surface area contributed by atoms with E-state index in [2.05, 4.69) is 5.32 Å². The highest BCUT2D eigenvalue weighted by Crippen LogP contribution is 2.17. The van der Waals surface area contributed by atoms with Crippen LogP contribution in [0.4, 0.5) is 14.5 Å². The summed E-state index contributed by atoms with van der Waals surface area (Å²) in [6.45, 7) is 1.91. The number of hydrogen-bond donors (Lipinski definition) is 2. The van der Waals surface area contributed by atoms with Crippen molar-refractivity contribution in [2.75, 3.05) is 5.32 Å². The summed E-state index contributed by atoms with van der Waals surface area (Å²) in [5.41, 5.74) is 7.32. The van der Waals surface area contributed by atoms with E-state index in [1.807, 2.05) is 0 Å². The molecule has 0 saturated carbocycles. The molecule has 0 saturated heterocycles. The number of rotatable bonds is 4. The number of carbonyl (C=O) groups is 1. The molecule has 0 aliphatic rings. The van der Waals surface area contributed by atoms with Crippen LogP contribution in [0.1, 0.15) is 21.5 Å². The smallest absolute Gasteiger partial charge is 0.248 e. The third-order valence-corrected chi connectivity index (χ3v) is 3.01. The zero-order valence-electron chi connectivity index (χ0n) is 10.9. The van der Waals surface area contributed by atoms with Crippen LogP contribution in [0.5, 0.6) is 0 Å². The van der Waals surface area contributed by atoms with Crippen molar-refractivity contribution in [1.29, 1.82) is 0 Å². The monoisotopic (exact) mass is 276 g/mol. The minimum Gasteiger partial charge on any atom is -0.381 e. The van der Waals surface area contributed by atoms with E-state index in [1.54, 1.807) is 25.1 Å². The molecule has 0 bridgehead atoms. The summed E-state index contributed by atoms with van der Waals surface area (Å²) < 4.78 is 26.5. The second-order valence-corrected chi connectivity index (χ2v) is 4.46. The third kappa shape index (κ3) is 2.93. The molecule has 0 radical (unpaired) electrons. The number of halogens is 2. The topological polar surface area (TPSA) is 55.1 Å². The molecule has 0 aliphatic carbocycles. The number of hydrogen-bond acceptors (Lipinski definition) is 2. The predicted molar refractivity (Wildman–Crippen MR) is 73.4 cm³/mol. The van der Waals surface area contributed by atoms with Gasteiger partial charge in [0.05, 0.1) is 0 Å². The molecule has 20 heavy (non-hydrogen) atoms. The van der Waals surface area contributed by atoms with Gasteiger partial charge in [0, 0.05) is 23.4 Å². The van der Waals surface area contributed by atoms with E-state index >= 15 is 0 Å². The third-order valence-electron chi connectivity index (χ3n) is 3.01. The Balaban J connectivity index is 2.13. The van der Waals surface area contributed by atoms with Crippen molar-refractivity contribution >= 4 is 11.6 Å². The van der Waals surface area contributed by atoms with Gasteiger partial charge in [0.25, 0.3) is 0 Å². The van der Waals surface area contributed by atoms with Gasteiger partial charge in [-0.2, -0.15) is 0 Å². The van der Waals surface area contributed by atoms with Crippen LogP contribution in [0.3, 0.4) is 0 Å². The number of nitrogens with one attached hydrogen (secondary N) is 1. The Morgan fingerprint density at radius 3 is 2.65 bits per heavy atom. The molecule has 0 fully saturated rings. The number of primary amides is 1. The fourth-order valence-electron chi connectivity index (χ4n) is 1.93. The zero-order chi connectivity index (χ0) is 14.7. The van der Waals surface area contributed by atoms with Crippen LogP contribution < -0.4 is 11.1 Å². The first-order valence-electron chi connectivity index (χ1n) is 6.06. The molecule has 5 heteroatoms. The fraction of sp³-hybridized carbons (Fsp3) is 0.133. The molecule has 3 N–H and O–H groups in total. The molecule has 0 atom stereocenters. The maximum atomic E-state index is 13.5. The van der Waals surface area contributed by atoms with Gasteiger partial charge in [-0.25, -0.2) is 8.78 Å². The van der Waals surface area contributed by atoms with Crippen molar-refractivity contribution in [3.05, 3.63) is 64.7 Å². The van der Waals surface area contributed by atoms with Gasteiger partial charge in [-0.3, -0.25) is 4.79 Å². The molecule has 104 valence electrons. The molecular formula is C15H14F2N2O. The van der Waals surface area contributed by atoms with Gasteiger partial charge in [-0.05, 0) is 36.8 Å². The average Bonchev–Trinajstić information content (AvgIpc) is 2.40. The molecular weight excluding hydrogens is 262 g/mol. The Bertz CT molecular complexity index is 656. The number of benzene rings is 2. The quantitative estimate of drug-likeness (QED) is 0.902. The van der Waals surface area contributed by atoms with Gasteiger partial charge >= 0.3 is 0 Å². The van der Waals surface area contributed by atoms with Crippen molar-refractivity contribution in [3.63, 3.8) is 0 Å². The van der Waals surface area contributed by atoms with Crippen LogP contribution in [-0.2, 0) is 6.54 Å². The highest BCUT2D eigenvalue weighted by atomic mass is 19.2. The van der Waals surface area contributed by atoms with Crippen LogP contribution in [0, 0.1) is 18.6 Å². The predicted octanol–water partition coefficient (Wildman–Crippen LogP) is 2.98. The lowest BCUT2D eigenvalue weighted by atomic mass is 10.1. The molecule has 2 rings (SSSR count). The van der Waals surface area contributed by atoms with Gasteiger partial charge < -0.3 is 11.1 Å². The summed E-state index contributed by atoms with van der Waals surface area (Å²) in [7, 11) is 0. The van der Waals surface area contributed by atoms with Crippen molar-refractivity contribution in [3.8, 4) is 0 Å².